The molecular weight excluding hydrogens is 150 g/mol. The van der Waals surface area contributed by atoms with E-state index in [0.29, 0.717) is 6.10 Å². The first-order valence-electron chi connectivity index (χ1n) is 5.24. The molecule has 0 bridgehead atoms. The van der Waals surface area contributed by atoms with E-state index in [2.05, 4.69) is 7.05 Å². The van der Waals surface area contributed by atoms with Gasteiger partial charge in [-0.05, 0) is 12.8 Å². The van der Waals surface area contributed by atoms with E-state index in [1.807, 2.05) is 0 Å². The molecule has 0 saturated carbocycles. The molecule has 2 fully saturated rings. The van der Waals surface area contributed by atoms with Gasteiger partial charge in [-0.2, -0.15) is 0 Å². The van der Waals surface area contributed by atoms with E-state index in [1.165, 1.54) is 49.8 Å². The lowest BCUT2D eigenvalue weighted by molar-refractivity contribution is -0.946. The molecule has 0 spiro atoms. The summed E-state index contributed by atoms with van der Waals surface area (Å²) < 4.78 is 6.91. The quantitative estimate of drug-likeness (QED) is 0.582. The van der Waals surface area contributed by atoms with Gasteiger partial charge in [0.25, 0.3) is 0 Å². The standard InChI is InChI=1S/C10H20NO/c1-11(6-3-7-11)8-5-10-4-2-9-12-10/h10H,2-9H2,1H3/q+1. The molecule has 1 atom stereocenters. The lowest BCUT2D eigenvalue weighted by Gasteiger charge is -2.42. The van der Waals surface area contributed by atoms with Crippen molar-refractivity contribution in [3.05, 3.63) is 0 Å². The highest BCUT2D eigenvalue weighted by Gasteiger charge is 2.31. The summed E-state index contributed by atoms with van der Waals surface area (Å²) in [6.45, 7) is 5.14. The number of ether oxygens (including phenoxy) is 1. The Kier molecular flexibility index (Phi) is 2.37. The van der Waals surface area contributed by atoms with Crippen LogP contribution in [0.3, 0.4) is 0 Å². The van der Waals surface area contributed by atoms with Crippen LogP contribution < -0.4 is 0 Å². The first-order chi connectivity index (χ1) is 5.79. The van der Waals surface area contributed by atoms with Crippen LogP contribution in [-0.4, -0.2) is 43.9 Å². The third-order valence-corrected chi connectivity index (χ3v) is 3.41. The third-order valence-electron chi connectivity index (χ3n) is 3.41. The smallest absolute Gasteiger partial charge is 0.0839 e. The van der Waals surface area contributed by atoms with E-state index >= 15 is 0 Å². The van der Waals surface area contributed by atoms with Crippen molar-refractivity contribution in [2.75, 3.05) is 33.3 Å². The van der Waals surface area contributed by atoms with E-state index in [9.17, 15) is 0 Å². The molecule has 2 aliphatic rings. The molecule has 0 amide bonds. The molecule has 70 valence electrons. The fourth-order valence-electron chi connectivity index (χ4n) is 2.25. The van der Waals surface area contributed by atoms with Crippen molar-refractivity contribution < 1.29 is 9.22 Å². The number of likely N-dealkylation sites (tertiary alicyclic amines) is 1. The van der Waals surface area contributed by atoms with Crippen LogP contribution in [0.4, 0.5) is 0 Å². The molecule has 0 aliphatic carbocycles. The average molecular weight is 170 g/mol. The Morgan fingerprint density at radius 3 is 2.67 bits per heavy atom. The second kappa shape index (κ2) is 3.35. The number of nitrogens with zero attached hydrogens (tertiary/aromatic N) is 1. The Morgan fingerprint density at radius 1 is 1.33 bits per heavy atom. The molecule has 12 heavy (non-hydrogen) atoms. The fraction of sp³-hybridized carbons (Fsp3) is 1.00. The molecule has 0 N–H and O–H groups in total. The predicted octanol–water partition coefficient (Wildman–Crippen LogP) is 1.41. The largest absolute Gasteiger partial charge is 0.378 e. The van der Waals surface area contributed by atoms with Crippen molar-refractivity contribution in [1.29, 1.82) is 0 Å². The van der Waals surface area contributed by atoms with Crippen molar-refractivity contribution in [1.82, 2.24) is 0 Å². The zero-order valence-corrected chi connectivity index (χ0v) is 8.09. The molecule has 1 unspecified atom stereocenters. The number of rotatable bonds is 3. The van der Waals surface area contributed by atoms with Gasteiger partial charge in [-0.25, -0.2) is 0 Å². The minimum Gasteiger partial charge on any atom is -0.378 e. The summed E-state index contributed by atoms with van der Waals surface area (Å²) in [6, 6.07) is 0. The van der Waals surface area contributed by atoms with E-state index in [0.717, 1.165) is 6.61 Å². The van der Waals surface area contributed by atoms with Gasteiger partial charge in [0.1, 0.15) is 0 Å². The van der Waals surface area contributed by atoms with E-state index in [1.54, 1.807) is 0 Å². The second-order valence-corrected chi connectivity index (χ2v) is 4.57. The lowest BCUT2D eigenvalue weighted by atomic mass is 10.1. The normalized spacial score (nSPS) is 33.2. The van der Waals surface area contributed by atoms with Gasteiger partial charge in [-0.15, -0.1) is 0 Å². The van der Waals surface area contributed by atoms with Crippen LogP contribution in [0.2, 0.25) is 0 Å². The molecular formula is C10H20NO+. The molecule has 0 aromatic rings. The van der Waals surface area contributed by atoms with E-state index < -0.39 is 0 Å². The Morgan fingerprint density at radius 2 is 2.17 bits per heavy atom. The lowest BCUT2D eigenvalue weighted by Crippen LogP contribution is -2.55. The van der Waals surface area contributed by atoms with Crippen LogP contribution in [0.5, 0.6) is 0 Å². The van der Waals surface area contributed by atoms with Crippen LogP contribution in [0, 0.1) is 0 Å². The van der Waals surface area contributed by atoms with Gasteiger partial charge in [0, 0.05) is 19.4 Å². The molecule has 0 aromatic carbocycles. The van der Waals surface area contributed by atoms with E-state index in [4.69, 9.17) is 4.74 Å². The van der Waals surface area contributed by atoms with Gasteiger partial charge in [0.15, 0.2) is 0 Å². The molecule has 0 radical (unpaired) electrons. The van der Waals surface area contributed by atoms with Gasteiger partial charge in [-0.3, -0.25) is 0 Å². The summed E-state index contributed by atoms with van der Waals surface area (Å²) in [6.07, 6.45) is 5.91. The highest BCUT2D eigenvalue weighted by molar-refractivity contribution is 4.65. The highest BCUT2D eigenvalue weighted by Crippen LogP contribution is 2.21. The van der Waals surface area contributed by atoms with Crippen molar-refractivity contribution in [3.8, 4) is 0 Å². The van der Waals surface area contributed by atoms with Crippen molar-refractivity contribution in [3.63, 3.8) is 0 Å². The van der Waals surface area contributed by atoms with Crippen LogP contribution in [0.15, 0.2) is 0 Å². The zero-order chi connectivity index (χ0) is 8.44. The Bertz CT molecular complexity index is 148. The molecule has 2 aliphatic heterocycles. The van der Waals surface area contributed by atoms with Crippen molar-refractivity contribution in [2.24, 2.45) is 0 Å². The van der Waals surface area contributed by atoms with Crippen molar-refractivity contribution >= 4 is 0 Å². The van der Waals surface area contributed by atoms with Gasteiger partial charge in [0.2, 0.25) is 0 Å². The second-order valence-electron chi connectivity index (χ2n) is 4.57. The first-order valence-corrected chi connectivity index (χ1v) is 5.24. The summed E-state index contributed by atoms with van der Waals surface area (Å²) >= 11 is 0. The maximum absolute atomic E-state index is 5.61. The van der Waals surface area contributed by atoms with Crippen LogP contribution in [0.25, 0.3) is 0 Å². The van der Waals surface area contributed by atoms with Gasteiger partial charge < -0.3 is 9.22 Å². The van der Waals surface area contributed by atoms with Gasteiger partial charge in [-0.1, -0.05) is 0 Å². The highest BCUT2D eigenvalue weighted by atomic mass is 16.5. The summed E-state index contributed by atoms with van der Waals surface area (Å²) in [4.78, 5) is 0. The van der Waals surface area contributed by atoms with Gasteiger partial charge in [0.05, 0.1) is 32.8 Å². The van der Waals surface area contributed by atoms with Crippen molar-refractivity contribution in [2.45, 2.75) is 31.8 Å². The minimum absolute atomic E-state index is 0.598. The maximum atomic E-state index is 5.61. The van der Waals surface area contributed by atoms with Crippen LogP contribution in [-0.2, 0) is 4.74 Å². The Labute approximate surface area is 75.1 Å². The topological polar surface area (TPSA) is 9.23 Å². The molecule has 2 heterocycles. The predicted molar refractivity (Wildman–Crippen MR) is 49.0 cm³/mol. The average Bonchev–Trinajstić information content (AvgIpc) is 2.49. The zero-order valence-electron chi connectivity index (χ0n) is 8.09. The van der Waals surface area contributed by atoms with E-state index in [-0.39, 0.29) is 0 Å². The first kappa shape index (κ1) is 8.52. The summed E-state index contributed by atoms with van der Waals surface area (Å²) in [5.41, 5.74) is 0. The minimum atomic E-state index is 0.598. The molecule has 0 aromatic heterocycles. The molecule has 2 rings (SSSR count). The van der Waals surface area contributed by atoms with Crippen LogP contribution >= 0.6 is 0 Å². The molecule has 2 nitrogen and oxygen atoms in total. The Balaban J connectivity index is 1.67. The summed E-state index contributed by atoms with van der Waals surface area (Å²) in [5.74, 6) is 0. The third kappa shape index (κ3) is 1.80. The molecule has 2 saturated heterocycles. The SMILES string of the molecule is C[N+]1(CCC2CCCO2)CCC1. The molecule has 2 heteroatoms. The monoisotopic (exact) mass is 170 g/mol. The van der Waals surface area contributed by atoms with Gasteiger partial charge >= 0.3 is 0 Å². The number of hydrogen-bond donors (Lipinski definition) is 0. The fourth-order valence-corrected chi connectivity index (χ4v) is 2.25. The number of hydrogen-bond acceptors (Lipinski definition) is 1. The van der Waals surface area contributed by atoms with Crippen LogP contribution in [0.1, 0.15) is 25.7 Å². The summed E-state index contributed by atoms with van der Waals surface area (Å²) in [5, 5.41) is 0. The number of quaternary nitrogens is 1. The summed E-state index contributed by atoms with van der Waals surface area (Å²) in [7, 11) is 2.37. The Hall–Kier alpha value is -0.0800. The maximum Gasteiger partial charge on any atom is 0.0839 e.